The largest absolute Gasteiger partial charge is 0.481 e. The number of carboxylic acid groups (broad SMARTS) is 1. The number of aliphatic hydroxyl groups is 1. The number of carbonyl (C=O) groups is 1. The van der Waals surface area contributed by atoms with E-state index < -0.39 is 11.4 Å². The molecule has 0 radical (unpaired) electrons. The number of rotatable bonds is 1. The average Bonchev–Trinajstić information content (AvgIpc) is 3.44. The predicted molar refractivity (Wildman–Crippen MR) is 130 cm³/mol. The summed E-state index contributed by atoms with van der Waals surface area (Å²) in [6.45, 7) is 14.5. The van der Waals surface area contributed by atoms with Gasteiger partial charge in [0.15, 0.2) is 0 Å². The van der Waals surface area contributed by atoms with Gasteiger partial charge in [-0.1, -0.05) is 53.2 Å². The van der Waals surface area contributed by atoms with Gasteiger partial charge in [-0.25, -0.2) is 0 Å². The highest BCUT2D eigenvalue weighted by atomic mass is 16.4. The van der Waals surface area contributed by atoms with Crippen molar-refractivity contribution in [3.63, 3.8) is 0 Å². The summed E-state index contributed by atoms with van der Waals surface area (Å²) >= 11 is 0. The van der Waals surface area contributed by atoms with Gasteiger partial charge in [-0.15, -0.1) is 0 Å². The molecule has 0 heterocycles. The summed E-state index contributed by atoms with van der Waals surface area (Å²) in [5, 5.41) is 21.4. The smallest absolute Gasteiger partial charge is 0.310 e. The Balaban J connectivity index is 1.44. The fraction of sp³-hybridized carbons (Fsp3) is 0.900. The molecule has 0 bridgehead atoms. The Morgan fingerprint density at radius 1 is 0.909 bits per heavy atom. The van der Waals surface area contributed by atoms with E-state index in [0.717, 1.165) is 38.5 Å². The van der Waals surface area contributed by atoms with Gasteiger partial charge in [0.25, 0.3) is 0 Å². The van der Waals surface area contributed by atoms with Crippen molar-refractivity contribution in [1.82, 2.24) is 0 Å². The zero-order valence-electron chi connectivity index (χ0n) is 21.8. The highest BCUT2D eigenvalue weighted by Gasteiger charge is 2.77. The molecule has 6 rings (SSSR count). The van der Waals surface area contributed by atoms with Gasteiger partial charge in [-0.3, -0.25) is 4.79 Å². The van der Waals surface area contributed by atoms with Crippen molar-refractivity contribution >= 4 is 5.97 Å². The first kappa shape index (κ1) is 22.6. The topological polar surface area (TPSA) is 57.5 Å². The molecule has 0 saturated heterocycles. The maximum absolute atomic E-state index is 12.8. The first-order valence-corrected chi connectivity index (χ1v) is 13.9. The Kier molecular flexibility index (Phi) is 4.31. The fourth-order valence-electron chi connectivity index (χ4n) is 11.4. The highest BCUT2D eigenvalue weighted by Crippen LogP contribution is 2.83. The van der Waals surface area contributed by atoms with Crippen LogP contribution in [0.4, 0.5) is 0 Å². The summed E-state index contributed by atoms with van der Waals surface area (Å²) in [6, 6.07) is 0. The second-order valence-corrected chi connectivity index (χ2v) is 15.3. The van der Waals surface area contributed by atoms with Crippen LogP contribution in [0.5, 0.6) is 0 Å². The van der Waals surface area contributed by atoms with E-state index in [-0.39, 0.29) is 33.2 Å². The third-order valence-electron chi connectivity index (χ3n) is 13.2. The van der Waals surface area contributed by atoms with E-state index in [0.29, 0.717) is 23.7 Å². The summed E-state index contributed by atoms with van der Waals surface area (Å²) < 4.78 is 0. The Hall–Kier alpha value is -0.830. The van der Waals surface area contributed by atoms with Gasteiger partial charge in [0.1, 0.15) is 0 Å². The second-order valence-electron chi connectivity index (χ2n) is 15.3. The SMILES string of the molecule is CC1(C)CCC2(C(=O)O)CC=C3C4(C)CCC5C(C)(C)C(O)CCC5(C)C4CC4CC34C2C1. The molecular weight excluding hydrogens is 408 g/mol. The van der Waals surface area contributed by atoms with Crippen LogP contribution < -0.4 is 0 Å². The Morgan fingerprint density at radius 3 is 2.33 bits per heavy atom. The minimum absolute atomic E-state index is 0.0147. The van der Waals surface area contributed by atoms with Gasteiger partial charge in [0.2, 0.25) is 0 Å². The number of hydrogen-bond acceptors (Lipinski definition) is 2. The average molecular weight is 455 g/mol. The zero-order chi connectivity index (χ0) is 23.8. The molecule has 0 aromatic rings. The van der Waals surface area contributed by atoms with Crippen LogP contribution in [0.1, 0.15) is 106 Å². The molecule has 5 fully saturated rings. The fourth-order valence-corrected chi connectivity index (χ4v) is 11.4. The van der Waals surface area contributed by atoms with Crippen LogP contribution in [-0.2, 0) is 4.79 Å². The summed E-state index contributed by atoms with van der Waals surface area (Å²) in [4.78, 5) is 12.8. The van der Waals surface area contributed by atoms with Crippen molar-refractivity contribution in [2.45, 2.75) is 112 Å². The molecule has 6 aliphatic rings. The van der Waals surface area contributed by atoms with Gasteiger partial charge in [-0.2, -0.15) is 0 Å². The molecule has 0 aromatic heterocycles. The minimum atomic E-state index is -0.533. The van der Waals surface area contributed by atoms with Crippen molar-refractivity contribution in [3.05, 3.63) is 11.6 Å². The van der Waals surface area contributed by atoms with E-state index in [1.54, 1.807) is 5.57 Å². The monoisotopic (exact) mass is 454 g/mol. The number of aliphatic carboxylic acids is 1. The molecule has 2 N–H and O–H groups in total. The maximum Gasteiger partial charge on any atom is 0.310 e. The number of allylic oxidation sites excluding steroid dienone is 2. The Bertz CT molecular complexity index is 931. The Labute approximate surface area is 200 Å². The third kappa shape index (κ3) is 2.54. The van der Waals surface area contributed by atoms with E-state index in [1.807, 2.05) is 0 Å². The summed E-state index contributed by atoms with van der Waals surface area (Å²) in [5.74, 6) is 1.70. The van der Waals surface area contributed by atoms with Crippen LogP contribution in [0, 0.1) is 56.2 Å². The molecule has 0 amide bonds. The van der Waals surface area contributed by atoms with Gasteiger partial charge in [0.05, 0.1) is 11.5 Å². The van der Waals surface area contributed by atoms with Gasteiger partial charge in [-0.05, 0) is 115 Å². The molecular formula is C30H46O3. The lowest BCUT2D eigenvalue weighted by atomic mass is 9.37. The number of carboxylic acids is 1. The zero-order valence-corrected chi connectivity index (χ0v) is 21.8. The van der Waals surface area contributed by atoms with E-state index >= 15 is 0 Å². The van der Waals surface area contributed by atoms with E-state index in [4.69, 9.17) is 0 Å². The molecule has 5 saturated carbocycles. The molecule has 9 atom stereocenters. The summed E-state index contributed by atoms with van der Waals surface area (Å²) in [5.41, 5.74) is 2.03. The normalized spacial score (nSPS) is 55.6. The van der Waals surface area contributed by atoms with Crippen molar-refractivity contribution in [2.24, 2.45) is 56.2 Å². The van der Waals surface area contributed by atoms with E-state index in [1.165, 1.54) is 25.7 Å². The van der Waals surface area contributed by atoms with Crippen LogP contribution in [0.2, 0.25) is 0 Å². The van der Waals surface area contributed by atoms with Gasteiger partial charge >= 0.3 is 5.97 Å². The number of aliphatic hydroxyl groups excluding tert-OH is 1. The van der Waals surface area contributed by atoms with Gasteiger partial charge < -0.3 is 10.2 Å². The maximum atomic E-state index is 12.8. The lowest BCUT2D eigenvalue weighted by molar-refractivity contribution is -0.181. The number of fused-ring (bicyclic) bond motifs is 5. The Morgan fingerprint density at radius 2 is 1.64 bits per heavy atom. The quantitative estimate of drug-likeness (QED) is 0.426. The second kappa shape index (κ2) is 6.29. The molecule has 184 valence electrons. The van der Waals surface area contributed by atoms with Crippen LogP contribution in [0.25, 0.3) is 0 Å². The predicted octanol–water partition coefficient (Wildman–Crippen LogP) is 6.84. The first-order valence-electron chi connectivity index (χ1n) is 13.9. The van der Waals surface area contributed by atoms with Crippen LogP contribution >= 0.6 is 0 Å². The first-order chi connectivity index (χ1) is 15.2. The highest BCUT2D eigenvalue weighted by molar-refractivity contribution is 5.77. The third-order valence-corrected chi connectivity index (χ3v) is 13.2. The molecule has 9 unspecified atom stereocenters. The van der Waals surface area contributed by atoms with Crippen molar-refractivity contribution < 1.29 is 15.0 Å². The molecule has 0 aromatic carbocycles. The van der Waals surface area contributed by atoms with Crippen LogP contribution in [-0.4, -0.2) is 22.3 Å². The van der Waals surface area contributed by atoms with Crippen molar-refractivity contribution in [1.29, 1.82) is 0 Å². The van der Waals surface area contributed by atoms with Crippen molar-refractivity contribution in [3.8, 4) is 0 Å². The van der Waals surface area contributed by atoms with E-state index in [9.17, 15) is 15.0 Å². The van der Waals surface area contributed by atoms with Crippen LogP contribution in [0.3, 0.4) is 0 Å². The van der Waals surface area contributed by atoms with Crippen LogP contribution in [0.15, 0.2) is 11.6 Å². The molecule has 0 aliphatic heterocycles. The lowest BCUT2D eigenvalue weighted by Crippen LogP contribution is -2.62. The number of hydrogen-bond donors (Lipinski definition) is 2. The van der Waals surface area contributed by atoms with Crippen molar-refractivity contribution in [2.75, 3.05) is 0 Å². The molecule has 3 nitrogen and oxygen atoms in total. The van der Waals surface area contributed by atoms with Gasteiger partial charge in [0, 0.05) is 0 Å². The van der Waals surface area contributed by atoms with E-state index in [2.05, 4.69) is 47.6 Å². The molecule has 33 heavy (non-hydrogen) atoms. The lowest BCUT2D eigenvalue weighted by Gasteiger charge is -2.68. The summed E-state index contributed by atoms with van der Waals surface area (Å²) in [6.07, 6.45) is 13.0. The summed E-state index contributed by atoms with van der Waals surface area (Å²) in [7, 11) is 0. The molecule has 3 heteroatoms. The molecule has 1 spiro atoms. The minimum Gasteiger partial charge on any atom is -0.481 e. The standard InChI is InChI=1S/C30H46O3/c1-25(2)13-14-29(24(32)33)12-8-20-28(6)10-7-19-26(3,4)23(31)9-11-27(19,5)21(28)15-18-16-30(18,20)22(29)17-25/h8,18-19,21-23,31H,7,9-17H2,1-6H3,(H,32,33). The molecule has 6 aliphatic carbocycles.